The zero-order valence-corrected chi connectivity index (χ0v) is 21.0. The highest BCUT2D eigenvalue weighted by Crippen LogP contribution is 2.19. The van der Waals surface area contributed by atoms with Gasteiger partial charge < -0.3 is 20.2 Å². The van der Waals surface area contributed by atoms with Gasteiger partial charge in [0.2, 0.25) is 0 Å². The first-order valence-corrected chi connectivity index (χ1v) is 10.9. The van der Waals surface area contributed by atoms with Crippen LogP contribution in [0.4, 0.5) is 0 Å². The van der Waals surface area contributed by atoms with Crippen LogP contribution in [0, 0.1) is 6.92 Å². The van der Waals surface area contributed by atoms with Crippen LogP contribution in [0.3, 0.4) is 0 Å². The van der Waals surface area contributed by atoms with Crippen molar-refractivity contribution in [1.29, 1.82) is 0 Å². The molecule has 7 heteroatoms. The summed E-state index contributed by atoms with van der Waals surface area (Å²) in [5.41, 5.74) is 5.04. The molecule has 0 radical (unpaired) electrons. The number of aryl methyl sites for hydroxylation is 1. The Hall–Kier alpha value is -2.81. The van der Waals surface area contributed by atoms with Crippen LogP contribution in [0.1, 0.15) is 29.4 Å². The number of halogens is 1. The number of aliphatic imine (C=N–C) groups is 1. The van der Waals surface area contributed by atoms with Crippen molar-refractivity contribution in [1.82, 2.24) is 25.2 Å². The molecular weight excluding hydrogens is 511 g/mol. The molecule has 168 valence electrons. The molecule has 0 atom stereocenters. The second-order valence-electron chi connectivity index (χ2n) is 7.69. The van der Waals surface area contributed by atoms with Crippen LogP contribution in [0.25, 0.3) is 10.9 Å². The van der Waals surface area contributed by atoms with Gasteiger partial charge in [-0.1, -0.05) is 42.5 Å². The van der Waals surface area contributed by atoms with Crippen molar-refractivity contribution < 1.29 is 0 Å². The lowest BCUT2D eigenvalue weighted by molar-refractivity contribution is 0.716. The zero-order chi connectivity index (χ0) is 21.5. The van der Waals surface area contributed by atoms with Crippen molar-refractivity contribution in [2.24, 2.45) is 4.99 Å². The summed E-state index contributed by atoms with van der Waals surface area (Å²) in [5, 5.41) is 8.08. The predicted molar refractivity (Wildman–Crippen MR) is 143 cm³/mol. The summed E-state index contributed by atoms with van der Waals surface area (Å²) in [4.78, 5) is 12.6. The molecule has 2 aromatic carbocycles. The highest BCUT2D eigenvalue weighted by Gasteiger charge is 2.06. The number of imidazole rings is 1. The molecule has 0 saturated carbocycles. The van der Waals surface area contributed by atoms with Crippen LogP contribution >= 0.6 is 24.0 Å². The Morgan fingerprint density at radius 1 is 1.12 bits per heavy atom. The van der Waals surface area contributed by atoms with Crippen molar-refractivity contribution in [3.05, 3.63) is 89.6 Å². The highest BCUT2D eigenvalue weighted by molar-refractivity contribution is 14.0. The van der Waals surface area contributed by atoms with Crippen LogP contribution < -0.4 is 10.6 Å². The highest BCUT2D eigenvalue weighted by atomic mass is 127. The molecule has 0 spiro atoms. The van der Waals surface area contributed by atoms with E-state index in [1.54, 1.807) is 0 Å². The zero-order valence-electron chi connectivity index (χ0n) is 18.6. The van der Waals surface area contributed by atoms with Crippen LogP contribution in [-0.4, -0.2) is 33.6 Å². The van der Waals surface area contributed by atoms with Gasteiger partial charge in [0, 0.05) is 49.1 Å². The monoisotopic (exact) mass is 542 g/mol. The van der Waals surface area contributed by atoms with E-state index in [1.165, 1.54) is 27.6 Å². The van der Waals surface area contributed by atoms with E-state index in [1.807, 2.05) is 18.5 Å². The number of nitrogens with one attached hydrogen (secondary N) is 3. The summed E-state index contributed by atoms with van der Waals surface area (Å²) in [6.45, 7) is 7.15. The first kappa shape index (κ1) is 23.8. The van der Waals surface area contributed by atoms with E-state index < -0.39 is 0 Å². The Labute approximate surface area is 206 Å². The van der Waals surface area contributed by atoms with Crippen LogP contribution in [0.15, 0.2) is 72.1 Å². The number of aromatic amines is 1. The van der Waals surface area contributed by atoms with E-state index in [2.05, 4.69) is 87.7 Å². The number of aromatic nitrogens is 3. The average molecular weight is 542 g/mol. The van der Waals surface area contributed by atoms with Gasteiger partial charge in [0.05, 0.1) is 0 Å². The number of hydrogen-bond donors (Lipinski definition) is 3. The molecule has 2 heterocycles. The maximum Gasteiger partial charge on any atom is 0.191 e. The second kappa shape index (κ2) is 11.7. The molecule has 32 heavy (non-hydrogen) atoms. The molecule has 0 aliphatic carbocycles. The summed E-state index contributed by atoms with van der Waals surface area (Å²) >= 11 is 0. The number of hydrogen-bond acceptors (Lipinski definition) is 2. The standard InChI is InChI=1S/C25H30N6.HI/c1-3-26-25(28-12-11-21-16-29-23-15-19(2)9-10-22(21)23)30-17-24-27-13-14-31(24)18-20-7-5-4-6-8-20;/h4-10,13-16,29H,3,11-12,17-18H2,1-2H3,(H2,26,28,30);1H. The topological polar surface area (TPSA) is 70.0 Å². The van der Waals surface area contributed by atoms with Gasteiger partial charge in [0.1, 0.15) is 12.4 Å². The molecular formula is C25H31IN6. The molecule has 0 saturated heterocycles. The lowest BCUT2D eigenvalue weighted by atomic mass is 10.1. The molecule has 0 amide bonds. The fourth-order valence-corrected chi connectivity index (χ4v) is 3.73. The maximum atomic E-state index is 4.75. The fraction of sp³-hybridized carbons (Fsp3) is 0.280. The van der Waals surface area contributed by atoms with Crippen LogP contribution in [0.5, 0.6) is 0 Å². The normalized spacial score (nSPS) is 11.4. The van der Waals surface area contributed by atoms with Gasteiger partial charge in [0.25, 0.3) is 0 Å². The Bertz CT molecular complexity index is 1150. The molecule has 0 aliphatic heterocycles. The number of H-pyrrole nitrogens is 1. The van der Waals surface area contributed by atoms with E-state index in [0.717, 1.165) is 37.8 Å². The Morgan fingerprint density at radius 3 is 2.78 bits per heavy atom. The van der Waals surface area contributed by atoms with Gasteiger partial charge in [-0.15, -0.1) is 24.0 Å². The first-order chi connectivity index (χ1) is 15.2. The lowest BCUT2D eigenvalue weighted by Gasteiger charge is -2.12. The molecule has 2 aromatic heterocycles. The fourth-order valence-electron chi connectivity index (χ4n) is 3.73. The third kappa shape index (κ3) is 6.12. The summed E-state index contributed by atoms with van der Waals surface area (Å²) in [7, 11) is 0. The molecule has 3 N–H and O–H groups in total. The van der Waals surface area contributed by atoms with Crippen LogP contribution in [-0.2, 0) is 19.5 Å². The van der Waals surface area contributed by atoms with E-state index in [4.69, 9.17) is 4.99 Å². The smallest absolute Gasteiger partial charge is 0.191 e. The van der Waals surface area contributed by atoms with E-state index >= 15 is 0 Å². The maximum absolute atomic E-state index is 4.75. The third-order valence-electron chi connectivity index (χ3n) is 5.33. The third-order valence-corrected chi connectivity index (χ3v) is 5.33. The number of guanidine groups is 1. The number of nitrogens with zero attached hydrogens (tertiary/aromatic N) is 3. The molecule has 0 bridgehead atoms. The van der Waals surface area contributed by atoms with E-state index in [-0.39, 0.29) is 24.0 Å². The molecule has 0 fully saturated rings. The Kier molecular flexibility index (Phi) is 8.72. The summed E-state index contributed by atoms with van der Waals surface area (Å²) in [6, 6.07) is 17.0. The SMILES string of the molecule is CCNC(=NCc1nccn1Cc1ccccc1)NCCc1c[nH]c2cc(C)ccc12.I. The largest absolute Gasteiger partial charge is 0.361 e. The summed E-state index contributed by atoms with van der Waals surface area (Å²) in [5.74, 6) is 1.76. The molecule has 6 nitrogen and oxygen atoms in total. The lowest BCUT2D eigenvalue weighted by Crippen LogP contribution is -2.38. The van der Waals surface area contributed by atoms with Gasteiger partial charge in [-0.2, -0.15) is 0 Å². The van der Waals surface area contributed by atoms with Gasteiger partial charge in [-0.3, -0.25) is 0 Å². The summed E-state index contributed by atoms with van der Waals surface area (Å²) in [6.07, 6.45) is 6.89. The van der Waals surface area contributed by atoms with Gasteiger partial charge in [-0.25, -0.2) is 9.98 Å². The van der Waals surface area contributed by atoms with E-state index in [9.17, 15) is 0 Å². The van der Waals surface area contributed by atoms with Gasteiger partial charge >= 0.3 is 0 Å². The molecule has 4 aromatic rings. The second-order valence-corrected chi connectivity index (χ2v) is 7.69. The average Bonchev–Trinajstić information content (AvgIpc) is 3.39. The van der Waals surface area contributed by atoms with E-state index in [0.29, 0.717) is 6.54 Å². The van der Waals surface area contributed by atoms with Crippen LogP contribution in [0.2, 0.25) is 0 Å². The van der Waals surface area contributed by atoms with Crippen molar-refractivity contribution in [2.75, 3.05) is 13.1 Å². The van der Waals surface area contributed by atoms with Crippen molar-refractivity contribution in [3.63, 3.8) is 0 Å². The first-order valence-electron chi connectivity index (χ1n) is 10.9. The molecule has 0 unspecified atom stereocenters. The number of benzene rings is 2. The minimum absolute atomic E-state index is 0. The Morgan fingerprint density at radius 2 is 1.97 bits per heavy atom. The Balaban J connectivity index is 0.00000289. The number of rotatable bonds is 8. The van der Waals surface area contributed by atoms with Crippen molar-refractivity contribution in [2.45, 2.75) is 33.4 Å². The minimum Gasteiger partial charge on any atom is -0.361 e. The van der Waals surface area contributed by atoms with Crippen molar-refractivity contribution in [3.8, 4) is 0 Å². The predicted octanol–water partition coefficient (Wildman–Crippen LogP) is 4.64. The van der Waals surface area contributed by atoms with Gasteiger partial charge in [0.15, 0.2) is 5.96 Å². The number of fused-ring (bicyclic) bond motifs is 1. The minimum atomic E-state index is 0. The molecule has 4 rings (SSSR count). The molecule has 0 aliphatic rings. The summed E-state index contributed by atoms with van der Waals surface area (Å²) < 4.78 is 2.15. The van der Waals surface area contributed by atoms with Gasteiger partial charge in [-0.05, 0) is 43.0 Å². The quantitative estimate of drug-likeness (QED) is 0.173. The van der Waals surface area contributed by atoms with Crippen molar-refractivity contribution >= 4 is 40.8 Å².